The van der Waals surface area contributed by atoms with Gasteiger partial charge in [0.2, 0.25) is 0 Å². The molecule has 1 aromatic heterocycles. The van der Waals surface area contributed by atoms with E-state index < -0.39 is 0 Å². The van der Waals surface area contributed by atoms with Crippen molar-refractivity contribution in [3.63, 3.8) is 0 Å². The third-order valence-electron chi connectivity index (χ3n) is 4.77. The van der Waals surface area contributed by atoms with Crippen molar-refractivity contribution in [1.82, 2.24) is 4.98 Å². The van der Waals surface area contributed by atoms with Crippen LogP contribution in [-0.4, -0.2) is 21.8 Å². The third-order valence-corrected chi connectivity index (χ3v) is 4.77. The Balaban J connectivity index is 1.93. The molecule has 3 rings (SSSR count). The van der Waals surface area contributed by atoms with Crippen LogP contribution < -0.4 is 5.32 Å². The molecule has 1 aliphatic rings. The number of phenols is 1. The molecule has 0 atom stereocenters. The Morgan fingerprint density at radius 1 is 1.24 bits per heavy atom. The van der Waals surface area contributed by atoms with Crippen LogP contribution in [0.1, 0.15) is 71.3 Å². The maximum atomic E-state index is 12.7. The van der Waals surface area contributed by atoms with E-state index in [4.69, 9.17) is 0 Å². The van der Waals surface area contributed by atoms with E-state index in [1.54, 1.807) is 19.1 Å². The van der Waals surface area contributed by atoms with Gasteiger partial charge in [0.25, 0.3) is 5.91 Å². The fourth-order valence-electron chi connectivity index (χ4n) is 3.29. The number of rotatable bonds is 2. The van der Waals surface area contributed by atoms with Gasteiger partial charge >= 0.3 is 0 Å². The van der Waals surface area contributed by atoms with Gasteiger partial charge in [0.15, 0.2) is 5.78 Å². The monoisotopic (exact) mass is 340 g/mol. The average molecular weight is 340 g/mol. The lowest BCUT2D eigenvalue weighted by molar-refractivity contribution is 0.0971. The number of H-pyrrole nitrogens is 1. The van der Waals surface area contributed by atoms with Crippen LogP contribution in [0.3, 0.4) is 0 Å². The average Bonchev–Trinajstić information content (AvgIpc) is 2.87. The number of carbonyl (C=O) groups is 2. The van der Waals surface area contributed by atoms with Crippen molar-refractivity contribution in [3.05, 3.63) is 46.3 Å². The van der Waals surface area contributed by atoms with E-state index in [1.807, 2.05) is 6.07 Å². The number of aromatic amines is 1. The van der Waals surface area contributed by atoms with Gasteiger partial charge in [-0.25, -0.2) is 0 Å². The van der Waals surface area contributed by atoms with E-state index in [1.165, 1.54) is 0 Å². The Morgan fingerprint density at radius 3 is 2.60 bits per heavy atom. The minimum atomic E-state index is -0.346. The molecular formula is C20H24N2O3. The normalized spacial score (nSPS) is 14.3. The number of hydrogen-bond acceptors (Lipinski definition) is 3. The zero-order valence-corrected chi connectivity index (χ0v) is 15.1. The molecule has 5 heteroatoms. The predicted molar refractivity (Wildman–Crippen MR) is 97.6 cm³/mol. The molecule has 0 unspecified atom stereocenters. The minimum absolute atomic E-state index is 0.0198. The first kappa shape index (κ1) is 17.3. The van der Waals surface area contributed by atoms with Crippen molar-refractivity contribution < 1.29 is 14.7 Å². The Labute approximate surface area is 147 Å². The molecule has 1 aliphatic carbocycles. The summed E-state index contributed by atoms with van der Waals surface area (Å²) >= 11 is 0. The van der Waals surface area contributed by atoms with Gasteiger partial charge in [-0.2, -0.15) is 0 Å². The highest BCUT2D eigenvalue weighted by atomic mass is 16.3. The van der Waals surface area contributed by atoms with Crippen molar-refractivity contribution in [2.45, 2.75) is 52.4 Å². The number of amides is 1. The number of Topliss-reactive ketones (excluding diaryl/α,β-unsaturated/α-hetero) is 1. The van der Waals surface area contributed by atoms with Gasteiger partial charge in [0.05, 0.1) is 5.69 Å². The molecule has 0 fully saturated rings. The lowest BCUT2D eigenvalue weighted by Crippen LogP contribution is -2.16. The molecule has 132 valence electrons. The van der Waals surface area contributed by atoms with Gasteiger partial charge in [0.1, 0.15) is 11.4 Å². The number of aromatic nitrogens is 1. The molecular weight excluding hydrogens is 316 g/mol. The molecule has 1 heterocycles. The summed E-state index contributed by atoms with van der Waals surface area (Å²) in [4.78, 5) is 27.9. The van der Waals surface area contributed by atoms with Crippen molar-refractivity contribution in [2.24, 2.45) is 0 Å². The fraction of sp³-hybridized carbons (Fsp3) is 0.400. The molecule has 0 aliphatic heterocycles. The first-order valence-electron chi connectivity index (χ1n) is 8.58. The number of ketones is 1. The standard InChI is InChI=1S/C20H24N2O3/c1-11-17-13(6-5-7-16(17)24)21-18(11)19(25)22-14-10-12(20(2,3)4)8-9-15(14)23/h8-10,21,23H,5-7H2,1-4H3,(H,22,25). The maximum Gasteiger partial charge on any atom is 0.272 e. The molecule has 0 bridgehead atoms. The maximum absolute atomic E-state index is 12.7. The number of aryl methyl sites for hydroxylation is 1. The summed E-state index contributed by atoms with van der Waals surface area (Å²) in [6.07, 6.45) is 2.11. The van der Waals surface area contributed by atoms with E-state index in [0.717, 1.165) is 24.1 Å². The summed E-state index contributed by atoms with van der Waals surface area (Å²) in [6, 6.07) is 5.23. The Hall–Kier alpha value is -2.56. The van der Waals surface area contributed by atoms with Crippen LogP contribution in [0.5, 0.6) is 5.75 Å². The first-order valence-corrected chi connectivity index (χ1v) is 8.58. The Kier molecular flexibility index (Phi) is 4.19. The van der Waals surface area contributed by atoms with Gasteiger partial charge < -0.3 is 15.4 Å². The summed E-state index contributed by atoms with van der Waals surface area (Å²) in [7, 11) is 0. The topological polar surface area (TPSA) is 82.2 Å². The summed E-state index contributed by atoms with van der Waals surface area (Å²) in [5.74, 6) is -0.237. The van der Waals surface area contributed by atoms with Crippen LogP contribution in [0, 0.1) is 6.92 Å². The number of nitrogens with one attached hydrogen (secondary N) is 2. The second kappa shape index (κ2) is 6.06. The van der Waals surface area contributed by atoms with Crippen molar-refractivity contribution in [2.75, 3.05) is 5.32 Å². The van der Waals surface area contributed by atoms with Gasteiger partial charge in [-0.15, -0.1) is 0 Å². The molecule has 0 saturated heterocycles. The first-order chi connectivity index (χ1) is 11.7. The highest BCUT2D eigenvalue weighted by Gasteiger charge is 2.26. The molecule has 5 nitrogen and oxygen atoms in total. The zero-order chi connectivity index (χ0) is 18.4. The highest BCUT2D eigenvalue weighted by molar-refractivity contribution is 6.08. The molecule has 3 N–H and O–H groups in total. The third kappa shape index (κ3) is 3.18. The number of phenolic OH excluding ortho intramolecular Hbond substituents is 1. The zero-order valence-electron chi connectivity index (χ0n) is 15.1. The lowest BCUT2D eigenvalue weighted by atomic mass is 9.87. The fourth-order valence-corrected chi connectivity index (χ4v) is 3.29. The van der Waals surface area contributed by atoms with Crippen LogP contribution in [-0.2, 0) is 11.8 Å². The van der Waals surface area contributed by atoms with E-state index in [-0.39, 0.29) is 22.9 Å². The SMILES string of the molecule is Cc1c(C(=O)Nc2cc(C(C)(C)C)ccc2O)[nH]c2c1C(=O)CCC2. The second-order valence-electron chi connectivity index (χ2n) is 7.69. The lowest BCUT2D eigenvalue weighted by Gasteiger charge is -2.20. The second-order valence-corrected chi connectivity index (χ2v) is 7.69. The van der Waals surface area contributed by atoms with E-state index in [2.05, 4.69) is 31.1 Å². The van der Waals surface area contributed by atoms with Crippen molar-refractivity contribution >= 4 is 17.4 Å². The molecule has 0 spiro atoms. The largest absolute Gasteiger partial charge is 0.506 e. The smallest absolute Gasteiger partial charge is 0.272 e. The molecule has 1 aromatic carbocycles. The molecule has 2 aromatic rings. The Bertz CT molecular complexity index is 857. The summed E-state index contributed by atoms with van der Waals surface area (Å²) in [6.45, 7) is 8.00. The van der Waals surface area contributed by atoms with E-state index >= 15 is 0 Å². The molecule has 25 heavy (non-hydrogen) atoms. The van der Waals surface area contributed by atoms with Crippen LogP contribution in [0.15, 0.2) is 18.2 Å². The van der Waals surface area contributed by atoms with Crippen LogP contribution in [0.2, 0.25) is 0 Å². The van der Waals surface area contributed by atoms with Gasteiger partial charge in [0, 0.05) is 17.7 Å². The number of fused-ring (bicyclic) bond motifs is 1. The summed E-state index contributed by atoms with van der Waals surface area (Å²) in [5.41, 5.74) is 3.86. The molecule has 1 amide bonds. The summed E-state index contributed by atoms with van der Waals surface area (Å²) in [5, 5.41) is 12.9. The quantitative estimate of drug-likeness (QED) is 0.720. The predicted octanol–water partition coefficient (Wildman–Crippen LogP) is 4.10. The Morgan fingerprint density at radius 2 is 1.96 bits per heavy atom. The number of hydrogen-bond donors (Lipinski definition) is 3. The number of benzene rings is 1. The van der Waals surface area contributed by atoms with Crippen molar-refractivity contribution in [1.29, 1.82) is 0 Å². The van der Waals surface area contributed by atoms with Gasteiger partial charge in [-0.05, 0) is 48.4 Å². The van der Waals surface area contributed by atoms with E-state index in [9.17, 15) is 14.7 Å². The van der Waals surface area contributed by atoms with Crippen LogP contribution >= 0.6 is 0 Å². The highest BCUT2D eigenvalue weighted by Crippen LogP contribution is 2.32. The van der Waals surface area contributed by atoms with Gasteiger partial charge in [-0.3, -0.25) is 9.59 Å². The van der Waals surface area contributed by atoms with Crippen LogP contribution in [0.25, 0.3) is 0 Å². The number of aromatic hydroxyl groups is 1. The minimum Gasteiger partial charge on any atom is -0.506 e. The number of anilines is 1. The van der Waals surface area contributed by atoms with Gasteiger partial charge in [-0.1, -0.05) is 26.8 Å². The van der Waals surface area contributed by atoms with Crippen LogP contribution in [0.4, 0.5) is 5.69 Å². The molecule has 0 saturated carbocycles. The summed E-state index contributed by atoms with van der Waals surface area (Å²) < 4.78 is 0. The van der Waals surface area contributed by atoms with E-state index in [0.29, 0.717) is 28.9 Å². The van der Waals surface area contributed by atoms with Crippen molar-refractivity contribution in [3.8, 4) is 5.75 Å². The number of carbonyl (C=O) groups excluding carboxylic acids is 2. The molecule has 0 radical (unpaired) electrons.